The molecule has 0 spiro atoms. The zero-order valence-corrected chi connectivity index (χ0v) is 7.81. The Hall–Kier alpha value is -1.77. The first-order chi connectivity index (χ1) is 6.86. The lowest BCUT2D eigenvalue weighted by Crippen LogP contribution is -1.93. The summed E-state index contributed by atoms with van der Waals surface area (Å²) in [4.78, 5) is 0. The molecule has 0 saturated carbocycles. The Morgan fingerprint density at radius 1 is 1.14 bits per heavy atom. The Labute approximate surface area is 82.5 Å². The van der Waals surface area contributed by atoms with Gasteiger partial charge in [0.15, 0.2) is 5.76 Å². The van der Waals surface area contributed by atoms with E-state index in [1.165, 1.54) is 5.56 Å². The molecule has 0 fully saturated rings. The topological polar surface area (TPSA) is 52.0 Å². The number of nitrogens with two attached hydrogens (primary N) is 1. The molecule has 14 heavy (non-hydrogen) atoms. The molecular weight excluding hydrogens is 176 g/mol. The maximum Gasteiger partial charge on any atom is 0.159 e. The van der Waals surface area contributed by atoms with Gasteiger partial charge in [0.2, 0.25) is 0 Å². The lowest BCUT2D eigenvalue weighted by Gasteiger charge is -1.98. The van der Waals surface area contributed by atoms with Crippen molar-refractivity contribution in [1.82, 2.24) is 5.16 Å². The molecule has 2 aromatic rings. The summed E-state index contributed by atoms with van der Waals surface area (Å²) in [5.74, 6) is 0.772. The van der Waals surface area contributed by atoms with Gasteiger partial charge in [0, 0.05) is 6.42 Å². The fourth-order valence-corrected chi connectivity index (χ4v) is 1.36. The van der Waals surface area contributed by atoms with Crippen molar-refractivity contribution in [3.63, 3.8) is 0 Å². The van der Waals surface area contributed by atoms with E-state index in [1.807, 2.05) is 18.2 Å². The van der Waals surface area contributed by atoms with Crippen LogP contribution in [0.25, 0.3) is 0 Å². The number of nitrogens with zero attached hydrogens (tertiary/aromatic N) is 1. The number of benzene rings is 1. The van der Waals surface area contributed by atoms with Crippen LogP contribution in [0.5, 0.6) is 0 Å². The highest BCUT2D eigenvalue weighted by Gasteiger charge is 2.03. The highest BCUT2D eigenvalue weighted by Crippen LogP contribution is 2.13. The molecule has 3 heteroatoms. The summed E-state index contributed by atoms with van der Waals surface area (Å²) in [5, 5.41) is 3.63. The molecule has 2 rings (SSSR count). The van der Waals surface area contributed by atoms with E-state index in [-0.39, 0.29) is 0 Å². The molecule has 1 aromatic heterocycles. The fourth-order valence-electron chi connectivity index (χ4n) is 1.36. The van der Waals surface area contributed by atoms with Crippen LogP contribution in [0.4, 0.5) is 5.69 Å². The van der Waals surface area contributed by atoms with Crippen LogP contribution in [0.2, 0.25) is 0 Å². The average molecular weight is 188 g/mol. The van der Waals surface area contributed by atoms with Crippen LogP contribution in [0.15, 0.2) is 41.1 Å². The molecule has 0 saturated heterocycles. The maximum atomic E-state index is 5.65. The largest absolute Gasteiger partial charge is 0.395 e. The van der Waals surface area contributed by atoms with Gasteiger partial charge >= 0.3 is 0 Å². The number of rotatable bonds is 3. The van der Waals surface area contributed by atoms with Crippen molar-refractivity contribution in [3.8, 4) is 0 Å². The van der Waals surface area contributed by atoms with Crippen molar-refractivity contribution < 1.29 is 4.52 Å². The van der Waals surface area contributed by atoms with Gasteiger partial charge in [0.25, 0.3) is 0 Å². The standard InChI is InChI=1S/C11H12N2O/c12-10-8-13-14-11(10)7-6-9-4-2-1-3-5-9/h1-5,8H,6-7,12H2. The van der Waals surface area contributed by atoms with Gasteiger partial charge in [0.05, 0.1) is 11.9 Å². The Bertz CT molecular complexity index is 395. The molecule has 0 radical (unpaired) electrons. The maximum absolute atomic E-state index is 5.65. The van der Waals surface area contributed by atoms with E-state index in [4.69, 9.17) is 10.3 Å². The van der Waals surface area contributed by atoms with E-state index in [2.05, 4.69) is 17.3 Å². The van der Waals surface area contributed by atoms with Crippen LogP contribution in [-0.4, -0.2) is 5.16 Å². The van der Waals surface area contributed by atoms with Crippen molar-refractivity contribution >= 4 is 5.69 Å². The molecule has 1 aromatic carbocycles. The van der Waals surface area contributed by atoms with E-state index in [0.29, 0.717) is 5.69 Å². The van der Waals surface area contributed by atoms with Crippen LogP contribution in [-0.2, 0) is 12.8 Å². The minimum atomic E-state index is 0.640. The highest BCUT2D eigenvalue weighted by atomic mass is 16.5. The van der Waals surface area contributed by atoms with Gasteiger partial charge in [-0.05, 0) is 12.0 Å². The molecular formula is C11H12N2O. The molecule has 3 nitrogen and oxygen atoms in total. The third-order valence-corrected chi connectivity index (χ3v) is 2.16. The van der Waals surface area contributed by atoms with E-state index in [0.717, 1.165) is 18.6 Å². The summed E-state index contributed by atoms with van der Waals surface area (Å²) >= 11 is 0. The summed E-state index contributed by atoms with van der Waals surface area (Å²) in [6.07, 6.45) is 3.27. The van der Waals surface area contributed by atoms with Gasteiger partial charge in [-0.25, -0.2) is 0 Å². The van der Waals surface area contributed by atoms with Crippen molar-refractivity contribution in [2.24, 2.45) is 0 Å². The van der Waals surface area contributed by atoms with Crippen LogP contribution in [0, 0.1) is 0 Å². The molecule has 72 valence electrons. The van der Waals surface area contributed by atoms with E-state index < -0.39 is 0 Å². The van der Waals surface area contributed by atoms with E-state index >= 15 is 0 Å². The van der Waals surface area contributed by atoms with Gasteiger partial charge in [-0.1, -0.05) is 35.5 Å². The molecule has 0 aliphatic rings. The SMILES string of the molecule is Nc1cnoc1CCc1ccccc1. The van der Waals surface area contributed by atoms with Crippen molar-refractivity contribution in [1.29, 1.82) is 0 Å². The second kappa shape index (κ2) is 3.96. The summed E-state index contributed by atoms with van der Waals surface area (Å²) < 4.78 is 5.01. The van der Waals surface area contributed by atoms with Crippen LogP contribution < -0.4 is 5.73 Å². The molecule has 0 amide bonds. The predicted octanol–water partition coefficient (Wildman–Crippen LogP) is 2.04. The number of hydrogen-bond acceptors (Lipinski definition) is 3. The second-order valence-corrected chi connectivity index (χ2v) is 3.19. The summed E-state index contributed by atoms with van der Waals surface area (Å²) in [6, 6.07) is 10.2. The Morgan fingerprint density at radius 2 is 1.93 bits per heavy atom. The number of aromatic nitrogens is 1. The van der Waals surface area contributed by atoms with Crippen molar-refractivity contribution in [2.45, 2.75) is 12.8 Å². The normalized spacial score (nSPS) is 10.3. The molecule has 1 heterocycles. The van der Waals surface area contributed by atoms with Gasteiger partial charge in [0.1, 0.15) is 0 Å². The number of anilines is 1. The Morgan fingerprint density at radius 3 is 2.57 bits per heavy atom. The zero-order valence-electron chi connectivity index (χ0n) is 7.81. The average Bonchev–Trinajstić information content (AvgIpc) is 2.63. The van der Waals surface area contributed by atoms with Gasteiger partial charge in [-0.15, -0.1) is 0 Å². The Balaban J connectivity index is 1.99. The summed E-state index contributed by atoms with van der Waals surface area (Å²) in [7, 11) is 0. The molecule has 0 aliphatic carbocycles. The fraction of sp³-hybridized carbons (Fsp3) is 0.182. The Kier molecular flexibility index (Phi) is 2.49. The van der Waals surface area contributed by atoms with Crippen LogP contribution >= 0.6 is 0 Å². The molecule has 2 N–H and O–H groups in total. The minimum absolute atomic E-state index is 0.640. The van der Waals surface area contributed by atoms with E-state index in [1.54, 1.807) is 6.20 Å². The molecule has 0 atom stereocenters. The first-order valence-corrected chi connectivity index (χ1v) is 4.59. The van der Waals surface area contributed by atoms with Crippen LogP contribution in [0.1, 0.15) is 11.3 Å². The first-order valence-electron chi connectivity index (χ1n) is 4.59. The summed E-state index contributed by atoms with van der Waals surface area (Å²) in [5.41, 5.74) is 7.57. The number of hydrogen-bond donors (Lipinski definition) is 1. The minimum Gasteiger partial charge on any atom is -0.395 e. The van der Waals surface area contributed by atoms with Gasteiger partial charge < -0.3 is 10.3 Å². The van der Waals surface area contributed by atoms with Gasteiger partial charge in [-0.2, -0.15) is 0 Å². The van der Waals surface area contributed by atoms with Crippen molar-refractivity contribution in [3.05, 3.63) is 47.9 Å². The molecule has 0 bridgehead atoms. The summed E-state index contributed by atoms with van der Waals surface area (Å²) in [6.45, 7) is 0. The third kappa shape index (κ3) is 1.93. The highest BCUT2D eigenvalue weighted by molar-refractivity contribution is 5.38. The molecule has 0 unspecified atom stereocenters. The first kappa shape index (κ1) is 8.81. The lowest BCUT2D eigenvalue weighted by atomic mass is 10.1. The second-order valence-electron chi connectivity index (χ2n) is 3.19. The predicted molar refractivity (Wildman–Crippen MR) is 54.8 cm³/mol. The zero-order chi connectivity index (χ0) is 9.80. The third-order valence-electron chi connectivity index (χ3n) is 2.16. The molecule has 0 aliphatic heterocycles. The quantitative estimate of drug-likeness (QED) is 0.801. The monoisotopic (exact) mass is 188 g/mol. The number of aryl methyl sites for hydroxylation is 2. The van der Waals surface area contributed by atoms with Gasteiger partial charge in [-0.3, -0.25) is 0 Å². The number of nitrogen functional groups attached to an aromatic ring is 1. The lowest BCUT2D eigenvalue weighted by molar-refractivity contribution is 0.384. The smallest absolute Gasteiger partial charge is 0.159 e. The van der Waals surface area contributed by atoms with Crippen molar-refractivity contribution in [2.75, 3.05) is 5.73 Å². The van der Waals surface area contributed by atoms with E-state index in [9.17, 15) is 0 Å². The van der Waals surface area contributed by atoms with Crippen LogP contribution in [0.3, 0.4) is 0 Å².